The molecule has 7 heteroatoms. The molecule has 0 aliphatic carbocycles. The Balaban J connectivity index is 2.37. The number of hydrogen-bond acceptors (Lipinski definition) is 3. The van der Waals surface area contributed by atoms with Gasteiger partial charge < -0.3 is 5.32 Å². The molecule has 0 unspecified atom stereocenters. The lowest BCUT2D eigenvalue weighted by molar-refractivity contribution is -0.119. The summed E-state index contributed by atoms with van der Waals surface area (Å²) in [6.45, 7) is 3.11. The van der Waals surface area contributed by atoms with Gasteiger partial charge in [0.1, 0.15) is 5.21 Å². The van der Waals surface area contributed by atoms with Crippen molar-refractivity contribution in [3.8, 4) is 0 Å². The third kappa shape index (κ3) is 3.92. The van der Waals surface area contributed by atoms with Crippen LogP contribution < -0.4 is 5.32 Å². The summed E-state index contributed by atoms with van der Waals surface area (Å²) in [6.07, 6.45) is 1.55. The SMILES string of the molecule is CC(=O)NCC1CCN(S(=O)(=O)CCl)CC1. The number of piperidine rings is 1. The van der Waals surface area contributed by atoms with E-state index < -0.39 is 10.0 Å². The van der Waals surface area contributed by atoms with Gasteiger partial charge in [0.05, 0.1) is 0 Å². The number of nitrogens with one attached hydrogen (secondary N) is 1. The zero-order valence-corrected chi connectivity index (χ0v) is 10.9. The minimum atomic E-state index is -3.26. The van der Waals surface area contributed by atoms with Crippen LogP contribution in [0.5, 0.6) is 0 Å². The maximum absolute atomic E-state index is 11.5. The Labute approximate surface area is 101 Å². The van der Waals surface area contributed by atoms with Gasteiger partial charge in [-0.1, -0.05) is 0 Å². The van der Waals surface area contributed by atoms with Gasteiger partial charge in [0.25, 0.3) is 0 Å². The molecule has 1 fully saturated rings. The Morgan fingerprint density at radius 2 is 2.00 bits per heavy atom. The van der Waals surface area contributed by atoms with Gasteiger partial charge in [-0.2, -0.15) is 0 Å². The largest absolute Gasteiger partial charge is 0.356 e. The zero-order chi connectivity index (χ0) is 12.2. The van der Waals surface area contributed by atoms with E-state index in [-0.39, 0.29) is 11.1 Å². The van der Waals surface area contributed by atoms with Crippen molar-refractivity contribution in [3.63, 3.8) is 0 Å². The molecule has 0 spiro atoms. The van der Waals surface area contributed by atoms with E-state index >= 15 is 0 Å². The molecule has 0 aromatic rings. The average Bonchev–Trinajstić information content (AvgIpc) is 2.27. The second-order valence-electron chi connectivity index (χ2n) is 4.00. The summed E-state index contributed by atoms with van der Waals surface area (Å²) < 4.78 is 24.3. The highest BCUT2D eigenvalue weighted by Crippen LogP contribution is 2.19. The number of carbonyl (C=O) groups excluding carboxylic acids is 1. The Morgan fingerprint density at radius 1 is 1.44 bits per heavy atom. The number of sulfonamides is 1. The van der Waals surface area contributed by atoms with Gasteiger partial charge in [0.15, 0.2) is 0 Å². The van der Waals surface area contributed by atoms with Gasteiger partial charge in [0, 0.05) is 26.6 Å². The standard InChI is InChI=1S/C9H17ClN2O3S/c1-8(13)11-6-9-2-4-12(5-3-9)16(14,15)7-10/h9H,2-7H2,1H3,(H,11,13). The van der Waals surface area contributed by atoms with Crippen molar-refractivity contribution in [3.05, 3.63) is 0 Å². The van der Waals surface area contributed by atoms with Crippen LogP contribution in [-0.2, 0) is 14.8 Å². The van der Waals surface area contributed by atoms with Gasteiger partial charge in [-0.05, 0) is 18.8 Å². The number of halogens is 1. The van der Waals surface area contributed by atoms with Crippen molar-refractivity contribution in [2.45, 2.75) is 19.8 Å². The van der Waals surface area contributed by atoms with E-state index in [0.29, 0.717) is 25.6 Å². The topological polar surface area (TPSA) is 66.5 Å². The highest BCUT2D eigenvalue weighted by molar-refractivity contribution is 7.90. The predicted octanol–water partition coefficient (Wildman–Crippen LogP) is 0.361. The zero-order valence-electron chi connectivity index (χ0n) is 9.28. The summed E-state index contributed by atoms with van der Waals surface area (Å²) in [4.78, 5) is 10.7. The summed E-state index contributed by atoms with van der Waals surface area (Å²) >= 11 is 5.38. The molecular weight excluding hydrogens is 252 g/mol. The number of amides is 1. The second-order valence-corrected chi connectivity index (χ2v) is 6.55. The monoisotopic (exact) mass is 268 g/mol. The quantitative estimate of drug-likeness (QED) is 0.749. The van der Waals surface area contributed by atoms with E-state index in [1.54, 1.807) is 0 Å². The van der Waals surface area contributed by atoms with Crippen LogP contribution in [0.3, 0.4) is 0 Å². The molecule has 1 rings (SSSR count). The summed E-state index contributed by atoms with van der Waals surface area (Å²) in [5.74, 6) is 0.321. The van der Waals surface area contributed by atoms with Gasteiger partial charge in [-0.15, -0.1) is 11.6 Å². The summed E-state index contributed by atoms with van der Waals surface area (Å²) in [6, 6.07) is 0. The highest BCUT2D eigenvalue weighted by atomic mass is 35.5. The van der Waals surface area contributed by atoms with Gasteiger partial charge in [0.2, 0.25) is 15.9 Å². The molecular formula is C9H17ClN2O3S. The smallest absolute Gasteiger partial charge is 0.228 e. The van der Waals surface area contributed by atoms with Crippen molar-refractivity contribution >= 4 is 27.5 Å². The normalized spacial score (nSPS) is 19.6. The van der Waals surface area contributed by atoms with Gasteiger partial charge in [-0.3, -0.25) is 4.79 Å². The maximum Gasteiger partial charge on any atom is 0.228 e. The predicted molar refractivity (Wildman–Crippen MR) is 62.6 cm³/mol. The van der Waals surface area contributed by atoms with Crippen LogP contribution in [-0.4, -0.2) is 43.5 Å². The molecule has 0 bridgehead atoms. The molecule has 1 N–H and O–H groups in total. The van der Waals surface area contributed by atoms with Crippen LogP contribution in [0, 0.1) is 5.92 Å². The number of carbonyl (C=O) groups is 1. The molecule has 1 aliphatic heterocycles. The minimum Gasteiger partial charge on any atom is -0.356 e. The van der Waals surface area contributed by atoms with Crippen LogP contribution in [0.25, 0.3) is 0 Å². The number of rotatable bonds is 4. The van der Waals surface area contributed by atoms with Gasteiger partial charge in [-0.25, -0.2) is 12.7 Å². The molecule has 5 nitrogen and oxygen atoms in total. The van der Waals surface area contributed by atoms with Crippen LogP contribution in [0.2, 0.25) is 0 Å². The van der Waals surface area contributed by atoms with E-state index in [9.17, 15) is 13.2 Å². The lowest BCUT2D eigenvalue weighted by Crippen LogP contribution is -2.41. The van der Waals surface area contributed by atoms with Gasteiger partial charge >= 0.3 is 0 Å². The van der Waals surface area contributed by atoms with Crippen LogP contribution in [0.15, 0.2) is 0 Å². The molecule has 0 aromatic carbocycles. The highest BCUT2D eigenvalue weighted by Gasteiger charge is 2.27. The molecule has 0 aromatic heterocycles. The first-order chi connectivity index (χ1) is 7.45. The van der Waals surface area contributed by atoms with E-state index in [1.165, 1.54) is 11.2 Å². The van der Waals surface area contributed by atoms with E-state index in [0.717, 1.165) is 12.8 Å². The van der Waals surface area contributed by atoms with E-state index in [1.807, 2.05) is 0 Å². The molecule has 0 radical (unpaired) electrons. The van der Waals surface area contributed by atoms with Crippen molar-refractivity contribution in [2.75, 3.05) is 24.8 Å². The summed E-state index contributed by atoms with van der Waals surface area (Å²) in [5, 5.41) is 2.39. The lowest BCUT2D eigenvalue weighted by atomic mass is 9.98. The van der Waals surface area contributed by atoms with Crippen LogP contribution in [0.1, 0.15) is 19.8 Å². The molecule has 0 atom stereocenters. The third-order valence-electron chi connectivity index (χ3n) is 2.74. The van der Waals surface area contributed by atoms with E-state index in [4.69, 9.17) is 11.6 Å². The Hall–Kier alpha value is -0.330. The fourth-order valence-electron chi connectivity index (χ4n) is 1.75. The lowest BCUT2D eigenvalue weighted by Gasteiger charge is -2.30. The first-order valence-electron chi connectivity index (χ1n) is 5.24. The first-order valence-corrected chi connectivity index (χ1v) is 7.38. The van der Waals surface area contributed by atoms with Crippen molar-refractivity contribution in [2.24, 2.45) is 5.92 Å². The molecule has 94 valence electrons. The number of alkyl halides is 1. The Bertz CT molecular complexity index is 337. The molecule has 1 saturated heterocycles. The fraction of sp³-hybridized carbons (Fsp3) is 0.889. The number of hydrogen-bond donors (Lipinski definition) is 1. The molecule has 16 heavy (non-hydrogen) atoms. The van der Waals surface area contributed by atoms with Crippen LogP contribution >= 0.6 is 11.6 Å². The summed E-state index contributed by atoms with van der Waals surface area (Å²) in [5.41, 5.74) is 0. The first kappa shape index (κ1) is 13.7. The van der Waals surface area contributed by atoms with Crippen molar-refractivity contribution in [1.29, 1.82) is 0 Å². The number of nitrogens with zero attached hydrogens (tertiary/aromatic N) is 1. The minimum absolute atomic E-state index is 0.0455. The molecule has 1 aliphatic rings. The van der Waals surface area contributed by atoms with Crippen LogP contribution in [0.4, 0.5) is 0 Å². The van der Waals surface area contributed by atoms with E-state index in [2.05, 4.69) is 5.32 Å². The summed E-state index contributed by atoms with van der Waals surface area (Å²) in [7, 11) is -3.26. The van der Waals surface area contributed by atoms with Crippen molar-refractivity contribution < 1.29 is 13.2 Å². The second kappa shape index (κ2) is 5.84. The Morgan fingerprint density at radius 3 is 2.44 bits per heavy atom. The fourth-order valence-corrected chi connectivity index (χ4v) is 3.07. The average molecular weight is 269 g/mol. The molecule has 0 saturated carbocycles. The third-order valence-corrected chi connectivity index (χ3v) is 5.00. The Kier molecular flexibility index (Phi) is 5.01. The molecule has 1 heterocycles. The van der Waals surface area contributed by atoms with Crippen molar-refractivity contribution in [1.82, 2.24) is 9.62 Å². The molecule has 1 amide bonds. The maximum atomic E-state index is 11.5.